The number of piperidine rings is 1. The van der Waals surface area contributed by atoms with Crippen LogP contribution >= 0.6 is 0 Å². The second-order valence-electron chi connectivity index (χ2n) is 6.94. The summed E-state index contributed by atoms with van der Waals surface area (Å²) in [7, 11) is 0. The van der Waals surface area contributed by atoms with Crippen LogP contribution in [0.5, 0.6) is 0 Å². The van der Waals surface area contributed by atoms with Gasteiger partial charge in [-0.1, -0.05) is 49.6 Å². The van der Waals surface area contributed by atoms with E-state index < -0.39 is 0 Å². The first-order chi connectivity index (χ1) is 11.8. The van der Waals surface area contributed by atoms with Crippen molar-refractivity contribution in [2.75, 3.05) is 13.1 Å². The van der Waals surface area contributed by atoms with Crippen LogP contribution < -0.4 is 0 Å². The van der Waals surface area contributed by atoms with E-state index in [1.54, 1.807) is 0 Å². The molecule has 1 amide bonds. The van der Waals surface area contributed by atoms with Crippen molar-refractivity contribution in [2.24, 2.45) is 11.8 Å². The van der Waals surface area contributed by atoms with Crippen LogP contribution in [0.2, 0.25) is 0 Å². The van der Waals surface area contributed by atoms with E-state index in [2.05, 4.69) is 15.4 Å². The second kappa shape index (κ2) is 6.71. The third kappa shape index (κ3) is 3.18. The molecule has 1 aromatic carbocycles. The predicted molar refractivity (Wildman–Crippen MR) is 89.9 cm³/mol. The summed E-state index contributed by atoms with van der Waals surface area (Å²) in [4.78, 5) is 16.0. The van der Waals surface area contributed by atoms with Crippen molar-refractivity contribution in [3.05, 3.63) is 30.3 Å². The Kier molecular flexibility index (Phi) is 4.28. The molecule has 0 N–H and O–H groups in total. The molecule has 1 aliphatic carbocycles. The number of hydrogen-bond acceptors (Lipinski definition) is 4. The number of nitrogens with zero attached hydrogens (tertiary/aromatic N) is 5. The highest BCUT2D eigenvalue weighted by atomic mass is 16.2. The fourth-order valence-corrected chi connectivity index (χ4v) is 4.06. The van der Waals surface area contributed by atoms with Crippen LogP contribution in [-0.4, -0.2) is 44.1 Å². The lowest BCUT2D eigenvalue weighted by Crippen LogP contribution is -2.46. The monoisotopic (exact) mass is 325 g/mol. The molecule has 0 bridgehead atoms. The summed E-state index contributed by atoms with van der Waals surface area (Å²) in [6, 6.07) is 9.71. The predicted octanol–water partition coefficient (Wildman–Crippen LogP) is 2.38. The van der Waals surface area contributed by atoms with Crippen LogP contribution in [0.3, 0.4) is 0 Å². The molecule has 2 atom stereocenters. The van der Waals surface area contributed by atoms with Crippen LogP contribution in [0.15, 0.2) is 30.3 Å². The summed E-state index contributed by atoms with van der Waals surface area (Å²) in [5.41, 5.74) is 0.916. The molecule has 24 heavy (non-hydrogen) atoms. The Bertz CT molecular complexity index is 698. The largest absolute Gasteiger partial charge is 0.341 e. The van der Waals surface area contributed by atoms with Gasteiger partial charge in [0.05, 0.1) is 0 Å². The van der Waals surface area contributed by atoms with E-state index in [0.717, 1.165) is 31.0 Å². The SMILES string of the molecule is O=C(Cn1nnc(-c2ccccc2)n1)N1CCC2CCCCC2C1. The Hall–Kier alpha value is -2.24. The third-order valence-electron chi connectivity index (χ3n) is 5.41. The van der Waals surface area contributed by atoms with Gasteiger partial charge in [0.1, 0.15) is 6.54 Å². The zero-order valence-electron chi connectivity index (χ0n) is 13.8. The number of likely N-dealkylation sites (tertiary alicyclic amines) is 1. The summed E-state index contributed by atoms with van der Waals surface area (Å²) in [5.74, 6) is 2.20. The lowest BCUT2D eigenvalue weighted by Gasteiger charge is -2.41. The lowest BCUT2D eigenvalue weighted by molar-refractivity contribution is -0.135. The van der Waals surface area contributed by atoms with Gasteiger partial charge in [0.2, 0.25) is 11.7 Å². The minimum absolute atomic E-state index is 0.107. The fourth-order valence-electron chi connectivity index (χ4n) is 4.06. The number of carbonyl (C=O) groups is 1. The van der Waals surface area contributed by atoms with Gasteiger partial charge in [0.15, 0.2) is 0 Å². The van der Waals surface area contributed by atoms with Gasteiger partial charge < -0.3 is 4.90 Å². The van der Waals surface area contributed by atoms with Crippen molar-refractivity contribution in [3.8, 4) is 11.4 Å². The molecule has 2 aromatic rings. The van der Waals surface area contributed by atoms with E-state index >= 15 is 0 Å². The summed E-state index contributed by atoms with van der Waals surface area (Å²) in [6.45, 7) is 1.96. The Morgan fingerprint density at radius 1 is 1.08 bits per heavy atom. The van der Waals surface area contributed by atoms with E-state index in [4.69, 9.17) is 0 Å². The van der Waals surface area contributed by atoms with Crippen LogP contribution in [0.1, 0.15) is 32.1 Å². The quantitative estimate of drug-likeness (QED) is 0.869. The van der Waals surface area contributed by atoms with E-state index in [1.165, 1.54) is 30.5 Å². The highest BCUT2D eigenvalue weighted by molar-refractivity contribution is 5.76. The van der Waals surface area contributed by atoms with Crippen molar-refractivity contribution >= 4 is 5.91 Å². The van der Waals surface area contributed by atoms with Gasteiger partial charge >= 0.3 is 0 Å². The van der Waals surface area contributed by atoms with Gasteiger partial charge in [-0.25, -0.2) is 0 Å². The van der Waals surface area contributed by atoms with Crippen LogP contribution in [0.4, 0.5) is 0 Å². The van der Waals surface area contributed by atoms with Crippen LogP contribution in [-0.2, 0) is 11.3 Å². The number of rotatable bonds is 3. The number of benzene rings is 1. The normalized spacial score (nSPS) is 23.8. The maximum Gasteiger partial charge on any atom is 0.246 e. The van der Waals surface area contributed by atoms with Gasteiger partial charge in [-0.3, -0.25) is 4.79 Å². The standard InChI is InChI=1S/C18H23N5O/c24-17(22-11-10-14-6-4-5-9-16(14)12-22)13-23-20-18(19-21-23)15-7-2-1-3-8-15/h1-3,7-8,14,16H,4-6,9-13H2. The van der Waals surface area contributed by atoms with Gasteiger partial charge in [0.25, 0.3) is 0 Å². The van der Waals surface area contributed by atoms with Gasteiger partial charge in [-0.05, 0) is 29.9 Å². The highest BCUT2D eigenvalue weighted by Crippen LogP contribution is 2.36. The Morgan fingerprint density at radius 3 is 2.71 bits per heavy atom. The number of amides is 1. The molecule has 4 rings (SSSR count). The van der Waals surface area contributed by atoms with Crippen molar-refractivity contribution in [1.29, 1.82) is 0 Å². The molecule has 1 saturated carbocycles. The van der Waals surface area contributed by atoms with Gasteiger partial charge in [-0.2, -0.15) is 4.80 Å². The number of aromatic nitrogens is 4. The molecule has 0 spiro atoms. The molecule has 1 aromatic heterocycles. The first kappa shape index (κ1) is 15.3. The third-order valence-corrected chi connectivity index (χ3v) is 5.41. The maximum absolute atomic E-state index is 12.6. The van der Waals surface area contributed by atoms with Crippen molar-refractivity contribution in [3.63, 3.8) is 0 Å². The molecule has 126 valence electrons. The van der Waals surface area contributed by atoms with Crippen LogP contribution in [0, 0.1) is 11.8 Å². The van der Waals surface area contributed by atoms with Crippen LogP contribution in [0.25, 0.3) is 11.4 Å². The molecule has 6 nitrogen and oxygen atoms in total. The first-order valence-corrected chi connectivity index (χ1v) is 8.90. The van der Waals surface area contributed by atoms with E-state index in [-0.39, 0.29) is 12.5 Å². The minimum atomic E-state index is 0.107. The summed E-state index contributed by atoms with van der Waals surface area (Å²) >= 11 is 0. The first-order valence-electron chi connectivity index (χ1n) is 8.90. The van der Waals surface area contributed by atoms with E-state index in [0.29, 0.717) is 11.7 Å². The molecule has 1 saturated heterocycles. The molecule has 2 heterocycles. The minimum Gasteiger partial charge on any atom is -0.341 e. The van der Waals surface area contributed by atoms with E-state index in [1.807, 2.05) is 35.2 Å². The number of fused-ring (bicyclic) bond motifs is 1. The number of tetrazole rings is 1. The van der Waals surface area contributed by atoms with E-state index in [9.17, 15) is 4.79 Å². The Morgan fingerprint density at radius 2 is 1.88 bits per heavy atom. The Balaban J connectivity index is 1.39. The molecular formula is C18H23N5O. The second-order valence-corrected chi connectivity index (χ2v) is 6.94. The summed E-state index contributed by atoms with van der Waals surface area (Å²) < 4.78 is 0. The average molecular weight is 325 g/mol. The molecule has 2 aliphatic rings. The Labute approximate surface area is 141 Å². The molecule has 2 unspecified atom stereocenters. The molecule has 1 aliphatic heterocycles. The summed E-state index contributed by atoms with van der Waals surface area (Å²) in [6.07, 6.45) is 6.44. The smallest absolute Gasteiger partial charge is 0.246 e. The number of hydrogen-bond donors (Lipinski definition) is 0. The van der Waals surface area contributed by atoms with Gasteiger partial charge in [0, 0.05) is 18.7 Å². The zero-order valence-corrected chi connectivity index (χ0v) is 13.8. The summed E-state index contributed by atoms with van der Waals surface area (Å²) in [5, 5.41) is 12.4. The molecule has 6 heteroatoms. The van der Waals surface area contributed by atoms with Gasteiger partial charge in [-0.15, -0.1) is 10.2 Å². The molecule has 0 radical (unpaired) electrons. The highest BCUT2D eigenvalue weighted by Gasteiger charge is 2.33. The topological polar surface area (TPSA) is 63.9 Å². The molecular weight excluding hydrogens is 302 g/mol. The fraction of sp³-hybridized carbons (Fsp3) is 0.556. The van der Waals surface area contributed by atoms with Crippen molar-refractivity contribution in [1.82, 2.24) is 25.1 Å². The van der Waals surface area contributed by atoms with Crippen molar-refractivity contribution < 1.29 is 4.79 Å². The maximum atomic E-state index is 12.6. The lowest BCUT2D eigenvalue weighted by atomic mass is 9.75. The molecule has 2 fully saturated rings. The zero-order chi connectivity index (χ0) is 16.4. The number of carbonyl (C=O) groups excluding carboxylic acids is 1. The average Bonchev–Trinajstić information content (AvgIpc) is 3.10. The van der Waals surface area contributed by atoms with Crippen molar-refractivity contribution in [2.45, 2.75) is 38.6 Å².